The second kappa shape index (κ2) is 7.74. The summed E-state index contributed by atoms with van der Waals surface area (Å²) in [5.41, 5.74) is 5.85. The second-order valence-corrected chi connectivity index (χ2v) is 6.84. The molecule has 6 nitrogen and oxygen atoms in total. The number of carbonyl (C=O) groups is 1. The number of carbonyl (C=O) groups excluding carboxylic acids is 1. The molecule has 0 saturated heterocycles. The molecule has 0 bridgehead atoms. The molecular formula is C13H22ClN3O3S. The Balaban J connectivity index is 0.00000400. The highest BCUT2D eigenvalue weighted by atomic mass is 35.5. The van der Waals surface area contributed by atoms with Gasteiger partial charge in [-0.25, -0.2) is 13.6 Å². The first kappa shape index (κ1) is 19.9. The van der Waals surface area contributed by atoms with E-state index in [9.17, 15) is 13.2 Å². The van der Waals surface area contributed by atoms with Crippen LogP contribution in [-0.4, -0.2) is 27.4 Å². The minimum Gasteiger partial charge on any atom is -0.355 e. The molecule has 1 aromatic rings. The smallest absolute Gasteiger partial charge is 0.238 e. The maximum absolute atomic E-state index is 11.8. The van der Waals surface area contributed by atoms with Crippen LogP contribution in [0.4, 0.5) is 0 Å². The highest BCUT2D eigenvalue weighted by molar-refractivity contribution is 7.89. The molecule has 0 aliphatic rings. The lowest BCUT2D eigenvalue weighted by atomic mass is 9.92. The van der Waals surface area contributed by atoms with E-state index < -0.39 is 15.4 Å². The summed E-state index contributed by atoms with van der Waals surface area (Å²) in [6, 6.07) is 6.27. The molecular weight excluding hydrogens is 314 g/mol. The summed E-state index contributed by atoms with van der Waals surface area (Å²) in [7, 11) is -3.66. The number of hydrogen-bond acceptors (Lipinski definition) is 4. The molecule has 1 amide bonds. The third kappa shape index (κ3) is 6.01. The molecule has 0 fully saturated rings. The topological polar surface area (TPSA) is 115 Å². The van der Waals surface area contributed by atoms with Crippen LogP contribution < -0.4 is 16.2 Å². The van der Waals surface area contributed by atoms with E-state index in [0.29, 0.717) is 13.0 Å². The summed E-state index contributed by atoms with van der Waals surface area (Å²) >= 11 is 0. The number of sulfonamides is 1. The highest BCUT2D eigenvalue weighted by Gasteiger charge is 2.24. The molecule has 0 heterocycles. The normalized spacial score (nSPS) is 11.6. The molecule has 120 valence electrons. The molecule has 0 atom stereocenters. The van der Waals surface area contributed by atoms with Gasteiger partial charge >= 0.3 is 0 Å². The van der Waals surface area contributed by atoms with Gasteiger partial charge in [-0.3, -0.25) is 4.79 Å². The first-order valence-corrected chi connectivity index (χ1v) is 7.81. The van der Waals surface area contributed by atoms with E-state index in [2.05, 4.69) is 5.32 Å². The van der Waals surface area contributed by atoms with Crippen LogP contribution in [0.1, 0.15) is 19.4 Å². The van der Waals surface area contributed by atoms with Crippen molar-refractivity contribution in [2.24, 2.45) is 16.3 Å². The first-order valence-electron chi connectivity index (χ1n) is 6.27. The number of rotatable bonds is 6. The average molecular weight is 336 g/mol. The van der Waals surface area contributed by atoms with Crippen LogP contribution in [0.5, 0.6) is 0 Å². The summed E-state index contributed by atoms with van der Waals surface area (Å²) in [5, 5.41) is 7.82. The summed E-state index contributed by atoms with van der Waals surface area (Å²) < 4.78 is 22.2. The van der Waals surface area contributed by atoms with Crippen LogP contribution in [0.25, 0.3) is 0 Å². The van der Waals surface area contributed by atoms with Crippen molar-refractivity contribution in [3.8, 4) is 0 Å². The molecule has 8 heteroatoms. The second-order valence-electron chi connectivity index (χ2n) is 5.28. The Morgan fingerprint density at radius 2 is 1.76 bits per heavy atom. The van der Waals surface area contributed by atoms with E-state index in [1.165, 1.54) is 12.1 Å². The van der Waals surface area contributed by atoms with Crippen molar-refractivity contribution in [2.45, 2.75) is 25.2 Å². The summed E-state index contributed by atoms with van der Waals surface area (Å²) in [6.45, 7) is 4.31. The zero-order valence-electron chi connectivity index (χ0n) is 12.1. The molecule has 1 aromatic carbocycles. The number of primary sulfonamides is 1. The maximum Gasteiger partial charge on any atom is 0.238 e. The molecule has 5 N–H and O–H groups in total. The van der Waals surface area contributed by atoms with Crippen molar-refractivity contribution >= 4 is 28.3 Å². The van der Waals surface area contributed by atoms with Crippen LogP contribution in [0.15, 0.2) is 29.2 Å². The fraction of sp³-hybridized carbons (Fsp3) is 0.462. The number of hydrogen-bond donors (Lipinski definition) is 3. The van der Waals surface area contributed by atoms with Gasteiger partial charge in [-0.2, -0.15) is 0 Å². The van der Waals surface area contributed by atoms with E-state index in [1.54, 1.807) is 26.0 Å². The van der Waals surface area contributed by atoms with Crippen molar-refractivity contribution < 1.29 is 13.2 Å². The van der Waals surface area contributed by atoms with Gasteiger partial charge in [-0.05, 0) is 38.0 Å². The van der Waals surface area contributed by atoms with Gasteiger partial charge in [0.1, 0.15) is 0 Å². The number of nitrogens with two attached hydrogens (primary N) is 2. The van der Waals surface area contributed by atoms with Crippen molar-refractivity contribution in [3.63, 3.8) is 0 Å². The fourth-order valence-electron chi connectivity index (χ4n) is 1.50. The third-order valence-corrected chi connectivity index (χ3v) is 4.01. The van der Waals surface area contributed by atoms with E-state index in [0.717, 1.165) is 5.56 Å². The molecule has 0 unspecified atom stereocenters. The third-order valence-electron chi connectivity index (χ3n) is 3.08. The molecule has 0 saturated carbocycles. The van der Waals surface area contributed by atoms with Crippen LogP contribution in [-0.2, 0) is 21.2 Å². The van der Waals surface area contributed by atoms with Gasteiger partial charge in [0.05, 0.1) is 10.3 Å². The fourth-order valence-corrected chi connectivity index (χ4v) is 2.01. The molecule has 0 spiro atoms. The Morgan fingerprint density at radius 1 is 1.24 bits per heavy atom. The zero-order valence-corrected chi connectivity index (χ0v) is 13.8. The minimum absolute atomic E-state index is 0. The summed E-state index contributed by atoms with van der Waals surface area (Å²) in [6.07, 6.45) is 0.608. The van der Waals surface area contributed by atoms with Crippen molar-refractivity contribution in [1.82, 2.24) is 5.32 Å². The van der Waals surface area contributed by atoms with Crippen LogP contribution in [0, 0.1) is 5.41 Å². The lowest BCUT2D eigenvalue weighted by molar-refractivity contribution is -0.128. The predicted molar refractivity (Wildman–Crippen MR) is 84.6 cm³/mol. The number of nitrogens with one attached hydrogen (secondary N) is 1. The Bertz CT molecular complexity index is 571. The van der Waals surface area contributed by atoms with Gasteiger partial charge in [0, 0.05) is 13.1 Å². The molecule has 1 rings (SSSR count). The van der Waals surface area contributed by atoms with E-state index >= 15 is 0 Å². The Hall–Kier alpha value is -1.15. The molecule has 0 aliphatic heterocycles. The molecule has 0 radical (unpaired) electrons. The quantitative estimate of drug-likeness (QED) is 0.697. The van der Waals surface area contributed by atoms with Crippen molar-refractivity contribution in [2.75, 3.05) is 13.1 Å². The predicted octanol–water partition coefficient (Wildman–Crippen LogP) is 0.399. The minimum atomic E-state index is -3.66. The van der Waals surface area contributed by atoms with E-state index in [1.807, 2.05) is 0 Å². The Labute approximate surface area is 131 Å². The van der Waals surface area contributed by atoms with Gasteiger partial charge in [0.15, 0.2) is 0 Å². The highest BCUT2D eigenvalue weighted by Crippen LogP contribution is 2.12. The first-order chi connectivity index (χ1) is 9.16. The lowest BCUT2D eigenvalue weighted by Crippen LogP contribution is -2.42. The summed E-state index contributed by atoms with van der Waals surface area (Å²) in [5.74, 6) is -0.0962. The SMILES string of the molecule is CC(C)(CN)C(=O)NCCc1ccc(S(N)(=O)=O)cc1.Cl. The average Bonchev–Trinajstić information content (AvgIpc) is 2.38. The lowest BCUT2D eigenvalue weighted by Gasteiger charge is -2.21. The molecule has 21 heavy (non-hydrogen) atoms. The number of halogens is 1. The monoisotopic (exact) mass is 335 g/mol. The van der Waals surface area contributed by atoms with E-state index in [-0.39, 0.29) is 29.8 Å². The summed E-state index contributed by atoms with van der Waals surface area (Å²) in [4.78, 5) is 11.9. The van der Waals surface area contributed by atoms with Gasteiger partial charge in [-0.1, -0.05) is 12.1 Å². The molecule has 0 aromatic heterocycles. The van der Waals surface area contributed by atoms with Crippen LogP contribution in [0.2, 0.25) is 0 Å². The van der Waals surface area contributed by atoms with Crippen molar-refractivity contribution in [1.29, 1.82) is 0 Å². The van der Waals surface area contributed by atoms with Crippen LogP contribution in [0.3, 0.4) is 0 Å². The van der Waals surface area contributed by atoms with Crippen molar-refractivity contribution in [3.05, 3.63) is 29.8 Å². The van der Waals surface area contributed by atoms with Gasteiger partial charge < -0.3 is 11.1 Å². The van der Waals surface area contributed by atoms with Gasteiger partial charge in [-0.15, -0.1) is 12.4 Å². The van der Waals surface area contributed by atoms with Gasteiger partial charge in [0.25, 0.3) is 0 Å². The Morgan fingerprint density at radius 3 is 2.19 bits per heavy atom. The largest absolute Gasteiger partial charge is 0.355 e. The van der Waals surface area contributed by atoms with Gasteiger partial charge in [0.2, 0.25) is 15.9 Å². The molecule has 0 aliphatic carbocycles. The van der Waals surface area contributed by atoms with E-state index in [4.69, 9.17) is 10.9 Å². The number of benzene rings is 1. The maximum atomic E-state index is 11.8. The standard InChI is InChI=1S/C13H21N3O3S.ClH/c1-13(2,9-14)12(17)16-8-7-10-3-5-11(6-4-10)20(15,18)19;/h3-6H,7-9,14H2,1-2H3,(H,16,17)(H2,15,18,19);1H. The Kier molecular flexibility index (Phi) is 7.32. The zero-order chi connectivity index (χ0) is 15.4. The number of amides is 1. The van der Waals surface area contributed by atoms with Crippen LogP contribution >= 0.6 is 12.4 Å².